The molecular weight excluding hydrogens is 557 g/mol. The molecule has 5 nitrogen and oxygen atoms in total. The van der Waals surface area contributed by atoms with Crippen LogP contribution < -0.4 is 0 Å². The number of rotatable bonds is 6. The molecule has 6 aromatic rings. The van der Waals surface area contributed by atoms with Gasteiger partial charge in [0, 0.05) is 34.7 Å². The number of allylic oxidation sites excluding steroid dienone is 2. The highest BCUT2D eigenvalue weighted by atomic mass is 32.1. The van der Waals surface area contributed by atoms with Crippen LogP contribution in [0.2, 0.25) is 0 Å². The molecule has 0 radical (unpaired) electrons. The maximum absolute atomic E-state index is 14.0. The predicted molar refractivity (Wildman–Crippen MR) is 173 cm³/mol. The van der Waals surface area contributed by atoms with Crippen molar-refractivity contribution in [1.29, 1.82) is 0 Å². The van der Waals surface area contributed by atoms with E-state index in [1.54, 1.807) is 22.7 Å². The van der Waals surface area contributed by atoms with Crippen LogP contribution in [0.4, 0.5) is 0 Å². The van der Waals surface area contributed by atoms with E-state index in [9.17, 15) is 4.79 Å². The van der Waals surface area contributed by atoms with Crippen LogP contribution in [0.15, 0.2) is 119 Å². The summed E-state index contributed by atoms with van der Waals surface area (Å²) < 4.78 is 3.81. The number of thiophene rings is 2. The lowest BCUT2D eigenvalue weighted by atomic mass is 9.81. The number of nitrogens with zero attached hydrogens (tertiary/aromatic N) is 4. The summed E-state index contributed by atoms with van der Waals surface area (Å²) in [5.74, 6) is 0.436. The largest absolute Gasteiger partial charge is 0.289 e. The average molecular weight is 585 g/mol. The van der Waals surface area contributed by atoms with Gasteiger partial charge in [0.1, 0.15) is 11.4 Å². The van der Waals surface area contributed by atoms with E-state index in [0.717, 1.165) is 67.6 Å². The molecule has 0 aliphatic heterocycles. The van der Waals surface area contributed by atoms with Crippen LogP contribution in [0.5, 0.6) is 0 Å². The smallest absolute Gasteiger partial charge is 0.185 e. The lowest BCUT2D eigenvalue weighted by Gasteiger charge is -2.22. The average Bonchev–Trinajstić information content (AvgIpc) is 3.83. The van der Waals surface area contributed by atoms with Crippen LogP contribution in [0, 0.1) is 5.92 Å². The Hall–Kier alpha value is -4.59. The Labute approximate surface area is 252 Å². The summed E-state index contributed by atoms with van der Waals surface area (Å²) >= 11 is 3.31. The lowest BCUT2D eigenvalue weighted by molar-refractivity contribution is -0.113. The van der Waals surface area contributed by atoms with Gasteiger partial charge in [-0.15, -0.1) is 22.7 Å². The second kappa shape index (κ2) is 11.4. The van der Waals surface area contributed by atoms with Gasteiger partial charge in [-0.05, 0) is 78.1 Å². The number of Topliss-reactive ketones (excluding diaryl/α,β-unsaturated/α-hetero) is 1. The summed E-state index contributed by atoms with van der Waals surface area (Å²) in [5.41, 5.74) is 7.30. The Kier molecular flexibility index (Phi) is 7.11. The number of ketones is 1. The molecule has 2 aromatic carbocycles. The van der Waals surface area contributed by atoms with Gasteiger partial charge in [-0.3, -0.25) is 4.79 Å². The third-order valence-corrected chi connectivity index (χ3v) is 9.17. The molecule has 0 unspecified atom stereocenters. The van der Waals surface area contributed by atoms with Crippen LogP contribution in [-0.4, -0.2) is 25.3 Å². The highest BCUT2D eigenvalue weighted by Gasteiger charge is 2.27. The first kappa shape index (κ1) is 26.3. The van der Waals surface area contributed by atoms with Gasteiger partial charge in [0.2, 0.25) is 0 Å². The number of para-hydroxylation sites is 2. The Morgan fingerprint density at radius 2 is 1.12 bits per heavy atom. The molecule has 4 aromatic heterocycles. The highest BCUT2D eigenvalue weighted by Crippen LogP contribution is 2.36. The van der Waals surface area contributed by atoms with Crippen molar-refractivity contribution in [2.45, 2.75) is 19.8 Å². The summed E-state index contributed by atoms with van der Waals surface area (Å²) in [5, 5.41) is 14.0. The minimum atomic E-state index is 0.0993. The van der Waals surface area contributed by atoms with E-state index in [0.29, 0.717) is 5.92 Å². The fourth-order valence-electron chi connectivity index (χ4n) is 5.46. The zero-order chi connectivity index (χ0) is 28.5. The maximum Gasteiger partial charge on any atom is 0.185 e. The molecule has 0 spiro atoms. The highest BCUT2D eigenvalue weighted by molar-refractivity contribution is 7.13. The molecule has 0 amide bonds. The SMILES string of the molecule is CC1C/C(=C\c2cn(-c3ccccc3)nc2-c2cccs2)C(=O)/C(=C/c2cn(-c3ccccc3)nc2-c2cccs2)C1. The summed E-state index contributed by atoms with van der Waals surface area (Å²) in [6.07, 6.45) is 9.65. The molecule has 7 rings (SSSR count). The van der Waals surface area contributed by atoms with E-state index in [1.165, 1.54) is 0 Å². The van der Waals surface area contributed by atoms with Gasteiger partial charge in [0.05, 0.1) is 21.1 Å². The topological polar surface area (TPSA) is 52.7 Å². The number of hydrogen-bond acceptors (Lipinski definition) is 5. The van der Waals surface area contributed by atoms with Crippen LogP contribution in [0.3, 0.4) is 0 Å². The van der Waals surface area contributed by atoms with Gasteiger partial charge in [-0.1, -0.05) is 55.5 Å². The first-order valence-corrected chi connectivity index (χ1v) is 15.7. The van der Waals surface area contributed by atoms with E-state index in [2.05, 4.69) is 42.0 Å². The molecule has 0 N–H and O–H groups in total. The van der Waals surface area contributed by atoms with E-state index in [-0.39, 0.29) is 5.78 Å². The molecule has 206 valence electrons. The number of benzene rings is 2. The van der Waals surface area contributed by atoms with Gasteiger partial charge in [0.25, 0.3) is 0 Å². The summed E-state index contributed by atoms with van der Waals surface area (Å²) in [4.78, 5) is 16.2. The van der Waals surface area contributed by atoms with E-state index < -0.39 is 0 Å². The van der Waals surface area contributed by atoms with Crippen molar-refractivity contribution in [3.63, 3.8) is 0 Å². The number of hydrogen-bond donors (Lipinski definition) is 0. The van der Waals surface area contributed by atoms with Gasteiger partial charge in [-0.2, -0.15) is 10.2 Å². The second-order valence-electron chi connectivity index (χ2n) is 10.6. The summed E-state index contributed by atoms with van der Waals surface area (Å²) in [7, 11) is 0. The molecule has 1 aliphatic carbocycles. The predicted octanol–water partition coefficient (Wildman–Crippen LogP) is 8.98. The molecule has 0 saturated heterocycles. The van der Waals surface area contributed by atoms with Crippen LogP contribution >= 0.6 is 22.7 Å². The fraction of sp³-hybridized carbons (Fsp3) is 0.114. The maximum atomic E-state index is 14.0. The summed E-state index contributed by atoms with van der Waals surface area (Å²) in [6, 6.07) is 28.4. The second-order valence-corrected chi connectivity index (χ2v) is 12.5. The molecular formula is C35H28N4OS2. The van der Waals surface area contributed by atoms with Gasteiger partial charge in [0.15, 0.2) is 5.78 Å². The number of aromatic nitrogens is 4. The Bertz CT molecular complexity index is 1760. The lowest BCUT2D eigenvalue weighted by Crippen LogP contribution is -2.18. The summed E-state index contributed by atoms with van der Waals surface area (Å²) in [6.45, 7) is 2.22. The van der Waals surface area contributed by atoms with Crippen molar-refractivity contribution in [2.24, 2.45) is 5.92 Å². The zero-order valence-electron chi connectivity index (χ0n) is 23.1. The van der Waals surface area contributed by atoms with Crippen LogP contribution in [0.1, 0.15) is 30.9 Å². The van der Waals surface area contributed by atoms with Crippen molar-refractivity contribution < 1.29 is 4.79 Å². The monoisotopic (exact) mass is 584 g/mol. The third kappa shape index (κ3) is 5.24. The fourth-order valence-corrected chi connectivity index (χ4v) is 6.92. The zero-order valence-corrected chi connectivity index (χ0v) is 24.7. The van der Waals surface area contributed by atoms with Gasteiger partial charge < -0.3 is 0 Å². The molecule has 1 saturated carbocycles. The molecule has 4 heterocycles. The first-order valence-electron chi connectivity index (χ1n) is 14.0. The Morgan fingerprint density at radius 3 is 1.52 bits per heavy atom. The molecule has 0 atom stereocenters. The van der Waals surface area contributed by atoms with E-state index in [4.69, 9.17) is 10.2 Å². The van der Waals surface area contributed by atoms with E-state index >= 15 is 0 Å². The van der Waals surface area contributed by atoms with Crippen molar-refractivity contribution in [2.75, 3.05) is 0 Å². The van der Waals surface area contributed by atoms with Gasteiger partial charge >= 0.3 is 0 Å². The first-order chi connectivity index (χ1) is 20.6. The molecule has 1 aliphatic rings. The normalized spacial score (nSPS) is 17.4. The van der Waals surface area contributed by atoms with Crippen molar-refractivity contribution in [3.8, 4) is 32.5 Å². The standard InChI is InChI=1S/C35H28N4OS2/c1-24-18-25(20-27-22-38(29-10-4-2-5-11-29)36-33(27)31-14-8-16-41-31)35(40)26(19-24)21-28-23-39(30-12-6-3-7-13-30)37-34(28)32-15-9-17-42-32/h2-17,20-24H,18-19H2,1H3/b25-20+,26-21+. The van der Waals surface area contributed by atoms with E-state index in [1.807, 2.05) is 94.6 Å². The number of carbonyl (C=O) groups is 1. The minimum Gasteiger partial charge on any atom is -0.289 e. The van der Waals surface area contributed by atoms with Crippen molar-refractivity contribution in [3.05, 3.63) is 130 Å². The Balaban J connectivity index is 1.29. The van der Waals surface area contributed by atoms with Crippen LogP contribution in [-0.2, 0) is 4.79 Å². The third-order valence-electron chi connectivity index (χ3n) is 7.42. The van der Waals surface area contributed by atoms with Crippen LogP contribution in [0.25, 0.3) is 44.7 Å². The van der Waals surface area contributed by atoms with Crippen molar-refractivity contribution in [1.82, 2.24) is 19.6 Å². The van der Waals surface area contributed by atoms with Gasteiger partial charge in [-0.25, -0.2) is 9.36 Å². The molecule has 42 heavy (non-hydrogen) atoms. The Morgan fingerprint density at radius 1 is 0.667 bits per heavy atom. The quantitative estimate of drug-likeness (QED) is 0.184. The number of carbonyl (C=O) groups excluding carboxylic acids is 1. The van der Waals surface area contributed by atoms with Crippen molar-refractivity contribution >= 4 is 40.6 Å². The molecule has 0 bridgehead atoms. The minimum absolute atomic E-state index is 0.0993. The molecule has 7 heteroatoms. The molecule has 1 fully saturated rings.